The summed E-state index contributed by atoms with van der Waals surface area (Å²) in [5, 5.41) is 10.8. The number of hydrogen-bond acceptors (Lipinski definition) is 6. The lowest BCUT2D eigenvalue weighted by molar-refractivity contribution is -0.138. The van der Waals surface area contributed by atoms with Crippen LogP contribution in [0.15, 0.2) is 52.6 Å². The zero-order valence-corrected chi connectivity index (χ0v) is 18.0. The molecule has 4 aliphatic rings. The van der Waals surface area contributed by atoms with Crippen LogP contribution >= 0.6 is 0 Å². The van der Waals surface area contributed by atoms with Crippen LogP contribution in [0.1, 0.15) is 31.2 Å². The van der Waals surface area contributed by atoms with E-state index in [0.29, 0.717) is 34.5 Å². The van der Waals surface area contributed by atoms with E-state index in [0.717, 1.165) is 5.57 Å². The summed E-state index contributed by atoms with van der Waals surface area (Å²) in [5.41, 5.74) is 2.32. The number of fused-ring (bicyclic) bond motifs is 3. The van der Waals surface area contributed by atoms with Crippen molar-refractivity contribution in [2.75, 3.05) is 14.2 Å². The number of nitrogens with zero attached hydrogens (tertiary/aromatic N) is 1. The number of amides is 2. The lowest BCUT2D eigenvalue weighted by Gasteiger charge is -2.42. The number of allylic oxidation sites excluding steroid dienone is 6. The molecule has 1 fully saturated rings. The van der Waals surface area contributed by atoms with Crippen molar-refractivity contribution in [2.24, 2.45) is 17.8 Å². The predicted molar refractivity (Wildman–Crippen MR) is 114 cm³/mol. The third-order valence-corrected chi connectivity index (χ3v) is 7.33. The van der Waals surface area contributed by atoms with Crippen LogP contribution in [0.2, 0.25) is 0 Å². The van der Waals surface area contributed by atoms with Gasteiger partial charge in [-0.05, 0) is 50.0 Å². The molecular formula is C25H23NO6. The Morgan fingerprint density at radius 3 is 2.56 bits per heavy atom. The number of aromatic hydroxyl groups is 1. The summed E-state index contributed by atoms with van der Waals surface area (Å²) in [6.45, 7) is 1.61. The van der Waals surface area contributed by atoms with E-state index < -0.39 is 23.7 Å². The van der Waals surface area contributed by atoms with Gasteiger partial charge in [-0.3, -0.25) is 24.1 Å². The standard InChI is InChI=1S/C25H23NO6/c1-11-8-19(28)17-10-15-13(5-6-14-21(15)25(31)26(2)24(14)30)20(22(17)23(11)29)16-9-12(32-3)4-7-18(16)27/h4-5,7-9,14-15,20-21,27H,6,10H2,1-3H3. The lowest BCUT2D eigenvalue weighted by Crippen LogP contribution is -2.39. The highest BCUT2D eigenvalue weighted by Gasteiger charge is 2.55. The summed E-state index contributed by atoms with van der Waals surface area (Å²) in [7, 11) is 3.00. The van der Waals surface area contributed by atoms with Crippen molar-refractivity contribution in [1.29, 1.82) is 0 Å². The fourth-order valence-electron chi connectivity index (χ4n) is 5.76. The van der Waals surface area contributed by atoms with Crippen molar-refractivity contribution in [3.05, 3.63) is 58.2 Å². The smallest absolute Gasteiger partial charge is 0.233 e. The van der Waals surface area contributed by atoms with Gasteiger partial charge >= 0.3 is 0 Å². The van der Waals surface area contributed by atoms with Crippen molar-refractivity contribution in [2.45, 2.75) is 25.7 Å². The molecule has 164 valence electrons. The molecule has 1 aromatic rings. The van der Waals surface area contributed by atoms with Gasteiger partial charge in [0.25, 0.3) is 0 Å². The minimum absolute atomic E-state index is 0.0234. The maximum Gasteiger partial charge on any atom is 0.233 e. The number of ether oxygens (including phenoxy) is 1. The first-order valence-electron chi connectivity index (χ1n) is 10.6. The first-order chi connectivity index (χ1) is 15.2. The molecule has 4 atom stereocenters. The Bertz CT molecular complexity index is 1200. The highest BCUT2D eigenvalue weighted by atomic mass is 16.5. The first kappa shape index (κ1) is 20.4. The monoisotopic (exact) mass is 433 g/mol. The van der Waals surface area contributed by atoms with Crippen LogP contribution in [0.5, 0.6) is 11.5 Å². The highest BCUT2D eigenvalue weighted by molar-refractivity contribution is 6.23. The zero-order valence-electron chi connectivity index (χ0n) is 18.0. The van der Waals surface area contributed by atoms with Gasteiger partial charge in [0.05, 0.1) is 18.9 Å². The summed E-state index contributed by atoms with van der Waals surface area (Å²) in [6.07, 6.45) is 3.87. The number of phenols is 1. The maximum atomic E-state index is 13.3. The molecule has 1 N–H and O–H groups in total. The summed E-state index contributed by atoms with van der Waals surface area (Å²) < 4.78 is 5.34. The van der Waals surface area contributed by atoms with Crippen LogP contribution in [0.25, 0.3) is 0 Å². The molecule has 1 aliphatic heterocycles. The van der Waals surface area contributed by atoms with Gasteiger partial charge in [-0.15, -0.1) is 0 Å². The first-order valence-corrected chi connectivity index (χ1v) is 10.6. The minimum Gasteiger partial charge on any atom is -0.508 e. The lowest BCUT2D eigenvalue weighted by atomic mass is 9.59. The van der Waals surface area contributed by atoms with E-state index in [1.165, 1.54) is 31.2 Å². The molecule has 1 aromatic carbocycles. The Morgan fingerprint density at radius 1 is 1.09 bits per heavy atom. The number of ketones is 2. The molecule has 7 heteroatoms. The number of phenolic OH excluding ortho intramolecular Hbond substituents is 1. The van der Waals surface area contributed by atoms with Gasteiger partial charge < -0.3 is 9.84 Å². The topological polar surface area (TPSA) is 101 Å². The van der Waals surface area contributed by atoms with Gasteiger partial charge in [0, 0.05) is 35.2 Å². The van der Waals surface area contributed by atoms with E-state index in [9.17, 15) is 24.3 Å². The maximum absolute atomic E-state index is 13.3. The Kier molecular flexibility index (Phi) is 4.48. The van der Waals surface area contributed by atoms with Crippen molar-refractivity contribution in [3.8, 4) is 11.5 Å². The molecular weight excluding hydrogens is 410 g/mol. The molecule has 7 nitrogen and oxygen atoms in total. The second kappa shape index (κ2) is 7.02. The van der Waals surface area contributed by atoms with Crippen LogP contribution < -0.4 is 4.74 Å². The third kappa shape index (κ3) is 2.66. The number of carbonyl (C=O) groups excluding carboxylic acids is 4. The van der Waals surface area contributed by atoms with E-state index in [2.05, 4.69) is 0 Å². The molecule has 0 spiro atoms. The number of rotatable bonds is 2. The molecule has 0 radical (unpaired) electrons. The van der Waals surface area contributed by atoms with Crippen molar-refractivity contribution in [1.82, 2.24) is 4.90 Å². The molecule has 2 amide bonds. The number of imide groups is 1. The van der Waals surface area contributed by atoms with Crippen LogP contribution in [-0.4, -0.2) is 47.5 Å². The summed E-state index contributed by atoms with van der Waals surface area (Å²) in [6, 6.07) is 4.78. The number of likely N-dealkylation sites (tertiary alicyclic amines) is 1. The van der Waals surface area contributed by atoms with Crippen molar-refractivity contribution < 1.29 is 29.0 Å². The minimum atomic E-state index is -0.686. The predicted octanol–water partition coefficient (Wildman–Crippen LogP) is 2.46. The third-order valence-electron chi connectivity index (χ3n) is 7.33. The second-order valence-electron chi connectivity index (χ2n) is 8.89. The zero-order chi connectivity index (χ0) is 22.9. The van der Waals surface area contributed by atoms with E-state index in [1.54, 1.807) is 19.1 Å². The molecule has 0 bridgehead atoms. The van der Waals surface area contributed by atoms with Crippen LogP contribution in [0.4, 0.5) is 0 Å². The largest absolute Gasteiger partial charge is 0.508 e. The van der Waals surface area contributed by atoms with Crippen molar-refractivity contribution in [3.63, 3.8) is 0 Å². The van der Waals surface area contributed by atoms with Gasteiger partial charge in [-0.25, -0.2) is 0 Å². The molecule has 4 unspecified atom stereocenters. The van der Waals surface area contributed by atoms with Crippen molar-refractivity contribution >= 4 is 23.4 Å². The fourth-order valence-corrected chi connectivity index (χ4v) is 5.76. The quantitative estimate of drug-likeness (QED) is 0.437. The van der Waals surface area contributed by atoms with Gasteiger partial charge in [-0.2, -0.15) is 0 Å². The number of benzene rings is 1. The molecule has 3 aliphatic carbocycles. The van der Waals surface area contributed by atoms with Gasteiger partial charge in [-0.1, -0.05) is 11.6 Å². The Morgan fingerprint density at radius 2 is 1.84 bits per heavy atom. The average Bonchev–Trinajstić information content (AvgIpc) is 3.01. The fraction of sp³-hybridized carbons (Fsp3) is 0.360. The second-order valence-corrected chi connectivity index (χ2v) is 8.89. The molecule has 5 rings (SSSR count). The van der Waals surface area contributed by atoms with Gasteiger partial charge in [0.1, 0.15) is 11.5 Å². The SMILES string of the molecule is COc1ccc(O)c(C2C3=CCC4C(=O)N(C)C(=O)C4C3CC3=C2C(=O)C(C)=CC3=O)c1. The number of hydrogen-bond donors (Lipinski definition) is 1. The Labute approximate surface area is 185 Å². The van der Waals surface area contributed by atoms with Gasteiger partial charge in [0.2, 0.25) is 11.8 Å². The summed E-state index contributed by atoms with van der Waals surface area (Å²) in [4.78, 5) is 53.1. The van der Waals surface area contributed by atoms with E-state index >= 15 is 0 Å². The molecule has 32 heavy (non-hydrogen) atoms. The highest BCUT2D eigenvalue weighted by Crippen LogP contribution is 2.56. The number of Topliss-reactive ketones (excluding diaryl/α,β-unsaturated/α-hetero) is 1. The summed E-state index contributed by atoms with van der Waals surface area (Å²) in [5.74, 6) is -2.60. The molecule has 0 saturated carbocycles. The Hall–Kier alpha value is -3.48. The van der Waals surface area contributed by atoms with Crippen LogP contribution in [-0.2, 0) is 19.2 Å². The molecule has 1 saturated heterocycles. The molecule has 1 heterocycles. The Balaban J connectivity index is 1.74. The average molecular weight is 433 g/mol. The molecule has 0 aromatic heterocycles. The number of carbonyl (C=O) groups is 4. The van der Waals surface area contributed by atoms with E-state index in [-0.39, 0.29) is 35.6 Å². The summed E-state index contributed by atoms with van der Waals surface area (Å²) >= 11 is 0. The van der Waals surface area contributed by atoms with Crippen LogP contribution in [0.3, 0.4) is 0 Å². The van der Waals surface area contributed by atoms with E-state index in [1.807, 2.05) is 6.08 Å². The number of methoxy groups -OCH3 is 1. The normalized spacial score (nSPS) is 29.4. The van der Waals surface area contributed by atoms with Gasteiger partial charge in [0.15, 0.2) is 11.6 Å². The van der Waals surface area contributed by atoms with E-state index in [4.69, 9.17) is 4.74 Å². The van der Waals surface area contributed by atoms with Crippen LogP contribution in [0, 0.1) is 17.8 Å².